The fourth-order valence-electron chi connectivity index (χ4n) is 3.36. The maximum absolute atomic E-state index is 5.80. The second-order valence-electron chi connectivity index (χ2n) is 5.56. The number of ether oxygens (including phenoxy) is 1. The van der Waals surface area contributed by atoms with E-state index in [9.17, 15) is 0 Å². The molecular weight excluding hydrogens is 218 g/mol. The molecule has 3 atom stereocenters. The molecule has 0 aromatic carbocycles. The zero-order valence-corrected chi connectivity index (χ0v) is 10.7. The number of rotatable bonds is 3. The average molecular weight is 237 g/mol. The van der Waals surface area contributed by atoms with Crippen LogP contribution in [0.4, 0.5) is 0 Å². The predicted molar refractivity (Wildman–Crippen MR) is 66.6 cm³/mol. The molecule has 1 N–H and O–H groups in total. The molecule has 0 bridgehead atoms. The Balaban J connectivity index is 1.63. The number of nitrogens with one attached hydrogen (secondary N) is 1. The van der Waals surface area contributed by atoms with Crippen LogP contribution in [0, 0.1) is 11.3 Å². The van der Waals surface area contributed by atoms with Gasteiger partial charge in [-0.15, -0.1) is 0 Å². The number of hydrogen-bond acceptors (Lipinski definition) is 3. The lowest BCUT2D eigenvalue weighted by Crippen LogP contribution is -2.65. The minimum atomic E-state index is 0.303. The van der Waals surface area contributed by atoms with Gasteiger partial charge in [0, 0.05) is 30.5 Å². The quantitative estimate of drug-likeness (QED) is 0.872. The van der Waals surface area contributed by atoms with Crippen LogP contribution in [0.3, 0.4) is 0 Å². The maximum atomic E-state index is 5.80. The lowest BCUT2D eigenvalue weighted by Gasteiger charge is -2.55. The third-order valence-corrected chi connectivity index (χ3v) is 4.94. The smallest absolute Gasteiger partial charge is 0.0685 e. The summed E-state index contributed by atoms with van der Waals surface area (Å²) in [6.07, 6.45) is 1.72. The van der Waals surface area contributed by atoms with E-state index in [0.717, 1.165) is 19.1 Å². The first-order chi connectivity index (χ1) is 7.69. The van der Waals surface area contributed by atoms with Crippen LogP contribution in [0.15, 0.2) is 16.8 Å². The van der Waals surface area contributed by atoms with Crippen LogP contribution >= 0.6 is 11.3 Å². The van der Waals surface area contributed by atoms with Crippen LogP contribution in [0.1, 0.15) is 25.8 Å². The molecule has 3 unspecified atom stereocenters. The monoisotopic (exact) mass is 237 g/mol. The largest absolute Gasteiger partial charge is 0.377 e. The van der Waals surface area contributed by atoms with Gasteiger partial charge in [0.05, 0.1) is 6.10 Å². The molecule has 0 amide bonds. The van der Waals surface area contributed by atoms with Crippen molar-refractivity contribution < 1.29 is 4.74 Å². The molecule has 1 saturated heterocycles. The lowest BCUT2D eigenvalue weighted by atomic mass is 9.57. The van der Waals surface area contributed by atoms with E-state index in [2.05, 4.69) is 36.0 Å². The van der Waals surface area contributed by atoms with Crippen LogP contribution in [-0.2, 0) is 11.3 Å². The van der Waals surface area contributed by atoms with Crippen LogP contribution in [0.2, 0.25) is 0 Å². The van der Waals surface area contributed by atoms with E-state index >= 15 is 0 Å². The van der Waals surface area contributed by atoms with Crippen molar-refractivity contribution >= 4 is 11.3 Å². The minimum absolute atomic E-state index is 0.303. The van der Waals surface area contributed by atoms with Crippen LogP contribution in [0.5, 0.6) is 0 Å². The lowest BCUT2D eigenvalue weighted by molar-refractivity contribution is -0.113. The van der Waals surface area contributed by atoms with Crippen molar-refractivity contribution in [1.29, 1.82) is 0 Å². The molecule has 2 aliphatic rings. The molecule has 1 aromatic rings. The van der Waals surface area contributed by atoms with Crippen molar-refractivity contribution in [3.63, 3.8) is 0 Å². The van der Waals surface area contributed by atoms with Crippen LogP contribution in [-0.4, -0.2) is 18.8 Å². The summed E-state index contributed by atoms with van der Waals surface area (Å²) in [4.78, 5) is 0. The van der Waals surface area contributed by atoms with E-state index in [0.29, 0.717) is 17.6 Å². The summed E-state index contributed by atoms with van der Waals surface area (Å²) in [6, 6.07) is 2.83. The summed E-state index contributed by atoms with van der Waals surface area (Å²) < 4.78 is 5.80. The summed E-state index contributed by atoms with van der Waals surface area (Å²) >= 11 is 1.77. The minimum Gasteiger partial charge on any atom is -0.377 e. The van der Waals surface area contributed by atoms with Gasteiger partial charge in [-0.05, 0) is 28.8 Å². The fraction of sp³-hybridized carbons (Fsp3) is 0.692. The normalized spacial score (nSPS) is 35.8. The van der Waals surface area contributed by atoms with Crippen molar-refractivity contribution in [2.45, 2.75) is 39.0 Å². The third kappa shape index (κ3) is 1.53. The molecule has 1 aromatic heterocycles. The van der Waals surface area contributed by atoms with Gasteiger partial charge in [0.15, 0.2) is 0 Å². The van der Waals surface area contributed by atoms with Gasteiger partial charge < -0.3 is 10.1 Å². The predicted octanol–water partition coefficient (Wildman–Crippen LogP) is 2.65. The number of fused-ring (bicyclic) bond motifs is 1. The Morgan fingerprint density at radius 2 is 2.44 bits per heavy atom. The average Bonchev–Trinajstić information content (AvgIpc) is 2.86. The summed E-state index contributed by atoms with van der Waals surface area (Å²) in [5.41, 5.74) is 1.71. The van der Waals surface area contributed by atoms with E-state index in [1.165, 1.54) is 12.0 Å². The van der Waals surface area contributed by atoms with Gasteiger partial charge in [0.25, 0.3) is 0 Å². The molecule has 2 fully saturated rings. The molecule has 2 heterocycles. The maximum Gasteiger partial charge on any atom is 0.0685 e. The van der Waals surface area contributed by atoms with E-state index in [1.807, 2.05) is 0 Å². The van der Waals surface area contributed by atoms with Crippen LogP contribution in [0.25, 0.3) is 0 Å². The fourth-order valence-corrected chi connectivity index (χ4v) is 4.03. The van der Waals surface area contributed by atoms with E-state index < -0.39 is 0 Å². The molecule has 1 saturated carbocycles. The van der Waals surface area contributed by atoms with Crippen molar-refractivity contribution in [2.24, 2.45) is 11.3 Å². The van der Waals surface area contributed by atoms with Crippen molar-refractivity contribution in [2.75, 3.05) is 6.61 Å². The Morgan fingerprint density at radius 1 is 1.56 bits per heavy atom. The standard InChI is InChI=1S/C13H19NOS/c1-13(2)11(10-3-5-15-12(10)13)14-7-9-4-6-16-8-9/h4,6,8,10-12,14H,3,5,7H2,1-2H3. The van der Waals surface area contributed by atoms with Crippen molar-refractivity contribution in [3.8, 4) is 0 Å². The van der Waals surface area contributed by atoms with Gasteiger partial charge in [-0.2, -0.15) is 11.3 Å². The van der Waals surface area contributed by atoms with E-state index in [1.54, 1.807) is 11.3 Å². The molecule has 2 nitrogen and oxygen atoms in total. The highest BCUT2D eigenvalue weighted by Crippen LogP contribution is 2.52. The second kappa shape index (κ2) is 3.83. The Labute approximate surface area is 101 Å². The topological polar surface area (TPSA) is 21.3 Å². The second-order valence-corrected chi connectivity index (χ2v) is 6.34. The molecular formula is C13H19NOS. The van der Waals surface area contributed by atoms with Crippen molar-refractivity contribution in [3.05, 3.63) is 22.4 Å². The molecule has 16 heavy (non-hydrogen) atoms. The van der Waals surface area contributed by atoms with Gasteiger partial charge in [0.2, 0.25) is 0 Å². The summed E-state index contributed by atoms with van der Waals surface area (Å²) in [5.74, 6) is 0.744. The summed E-state index contributed by atoms with van der Waals surface area (Å²) in [7, 11) is 0. The molecule has 1 aliphatic carbocycles. The van der Waals surface area contributed by atoms with E-state index in [-0.39, 0.29) is 0 Å². The zero-order valence-electron chi connectivity index (χ0n) is 9.90. The molecule has 0 spiro atoms. The highest BCUT2D eigenvalue weighted by molar-refractivity contribution is 7.07. The Bertz CT molecular complexity index is 360. The van der Waals surface area contributed by atoms with E-state index in [4.69, 9.17) is 4.74 Å². The number of hydrogen-bond donors (Lipinski definition) is 1. The molecule has 1 aliphatic heterocycles. The highest BCUT2D eigenvalue weighted by atomic mass is 32.1. The molecule has 3 heteroatoms. The Kier molecular flexibility index (Phi) is 2.57. The summed E-state index contributed by atoms with van der Waals surface area (Å²) in [6.45, 7) is 6.60. The SMILES string of the molecule is CC1(C)C(NCc2ccsc2)C2CCOC21. The Hall–Kier alpha value is -0.380. The first-order valence-corrected chi connectivity index (χ1v) is 7.00. The van der Waals surface area contributed by atoms with Crippen LogP contribution < -0.4 is 5.32 Å². The number of thiophene rings is 1. The third-order valence-electron chi connectivity index (χ3n) is 4.21. The van der Waals surface area contributed by atoms with Gasteiger partial charge in [0.1, 0.15) is 0 Å². The van der Waals surface area contributed by atoms with Gasteiger partial charge in [-0.3, -0.25) is 0 Å². The van der Waals surface area contributed by atoms with Gasteiger partial charge >= 0.3 is 0 Å². The highest BCUT2D eigenvalue weighted by Gasteiger charge is 2.58. The van der Waals surface area contributed by atoms with Gasteiger partial charge in [-0.25, -0.2) is 0 Å². The van der Waals surface area contributed by atoms with Gasteiger partial charge in [-0.1, -0.05) is 13.8 Å². The zero-order chi connectivity index (χ0) is 11.2. The first kappa shape index (κ1) is 10.8. The van der Waals surface area contributed by atoms with Crippen molar-refractivity contribution in [1.82, 2.24) is 5.32 Å². The Morgan fingerprint density at radius 3 is 3.19 bits per heavy atom. The molecule has 0 radical (unpaired) electrons. The first-order valence-electron chi connectivity index (χ1n) is 6.05. The summed E-state index contributed by atoms with van der Waals surface area (Å²) in [5, 5.41) is 8.08. The molecule has 88 valence electrons. The molecule has 3 rings (SSSR count).